The lowest BCUT2D eigenvalue weighted by atomic mass is 9.74. The Kier molecular flexibility index (Phi) is 17.6. The molecule has 324 valence electrons. The monoisotopic (exact) mass is 896 g/mol. The number of nitrogens with zero attached hydrogens (tertiary/aromatic N) is 4. The fourth-order valence-corrected chi connectivity index (χ4v) is 8.07. The molecule has 2 saturated carbocycles. The summed E-state index contributed by atoms with van der Waals surface area (Å²) < 4.78 is 15.0. The van der Waals surface area contributed by atoms with Crippen molar-refractivity contribution in [2.24, 2.45) is 0 Å². The number of aromatic nitrogens is 2. The first kappa shape index (κ1) is 48.1. The molecular formula is C44H47Cl3N4O10. The van der Waals surface area contributed by atoms with Gasteiger partial charge in [0.15, 0.2) is 17.6 Å². The number of benzene rings is 2. The van der Waals surface area contributed by atoms with E-state index in [-0.39, 0.29) is 28.8 Å². The maximum absolute atomic E-state index is 13.0. The van der Waals surface area contributed by atoms with Gasteiger partial charge in [-0.3, -0.25) is 29.4 Å². The lowest BCUT2D eigenvalue weighted by Gasteiger charge is -2.43. The average Bonchev–Trinajstić information content (AvgIpc) is 3.25. The summed E-state index contributed by atoms with van der Waals surface area (Å²) in [4.78, 5) is 83.3. The number of carboxylic acids is 1. The molecular weight excluding hydrogens is 851 g/mol. The largest absolute Gasteiger partial charge is 0.478 e. The number of halogens is 3. The first-order chi connectivity index (χ1) is 29.1. The zero-order chi connectivity index (χ0) is 44.7. The second kappa shape index (κ2) is 22.3. The van der Waals surface area contributed by atoms with Gasteiger partial charge in [-0.1, -0.05) is 71.2 Å². The topological polar surface area (TPSA) is 183 Å². The number of aryl methyl sites for hydroxylation is 2. The third kappa shape index (κ3) is 11.2. The van der Waals surface area contributed by atoms with E-state index in [4.69, 9.17) is 54.1 Å². The Morgan fingerprint density at radius 2 is 1.11 bits per heavy atom. The molecule has 2 heterocycles. The summed E-state index contributed by atoms with van der Waals surface area (Å²) in [5.41, 5.74) is 0.923. The summed E-state index contributed by atoms with van der Waals surface area (Å²) in [6, 6.07) is 17.2. The van der Waals surface area contributed by atoms with Crippen LogP contribution in [0.5, 0.6) is 0 Å². The van der Waals surface area contributed by atoms with E-state index in [1.165, 1.54) is 29.2 Å². The number of rotatable bonds is 9. The van der Waals surface area contributed by atoms with Gasteiger partial charge in [-0.25, -0.2) is 19.2 Å². The van der Waals surface area contributed by atoms with Crippen molar-refractivity contribution >= 4 is 70.5 Å². The Bertz CT molecular complexity index is 2230. The number of hydrogen-bond acceptors (Lipinski definition) is 11. The Morgan fingerprint density at radius 3 is 1.51 bits per heavy atom. The SMILES string of the molecule is CN(C(=O)OCCl)[C@]1(c2ccccc2Cl)CCCCC1=O.Cc1ccncc1C(=O)O.Cc1ccncc1C(=O)OCOC(=O)N(C)[C@]1(c2ccccc2Cl)CCCCC1=O. The van der Waals surface area contributed by atoms with Crippen molar-refractivity contribution < 1.29 is 48.1 Å². The fraction of sp³-hybridized carbons (Fsp3) is 0.364. The van der Waals surface area contributed by atoms with Crippen LogP contribution in [0.1, 0.15) is 94.3 Å². The van der Waals surface area contributed by atoms with Gasteiger partial charge in [0.25, 0.3) is 0 Å². The molecule has 0 radical (unpaired) electrons. The van der Waals surface area contributed by atoms with Gasteiger partial charge in [0.05, 0.1) is 11.1 Å². The molecule has 0 spiro atoms. The number of likely N-dealkylation sites (N-methyl/N-ethyl adjacent to an activating group) is 2. The van der Waals surface area contributed by atoms with Crippen LogP contribution < -0.4 is 0 Å². The molecule has 2 atom stereocenters. The second-order valence-corrected chi connectivity index (χ2v) is 15.3. The highest BCUT2D eigenvalue weighted by Crippen LogP contribution is 2.44. The van der Waals surface area contributed by atoms with Crippen LogP contribution in [0.2, 0.25) is 10.0 Å². The lowest BCUT2D eigenvalue weighted by molar-refractivity contribution is -0.134. The predicted octanol–water partition coefficient (Wildman–Crippen LogP) is 9.30. The van der Waals surface area contributed by atoms with E-state index in [0.29, 0.717) is 52.4 Å². The first-order valence-corrected chi connectivity index (χ1v) is 20.6. The molecule has 4 aromatic rings. The van der Waals surface area contributed by atoms with E-state index >= 15 is 0 Å². The van der Waals surface area contributed by atoms with Gasteiger partial charge in [0.1, 0.15) is 11.1 Å². The number of ketones is 2. The number of pyridine rings is 2. The third-order valence-corrected chi connectivity index (χ3v) is 11.5. The van der Waals surface area contributed by atoms with E-state index in [0.717, 1.165) is 31.2 Å². The van der Waals surface area contributed by atoms with Crippen LogP contribution in [0.3, 0.4) is 0 Å². The van der Waals surface area contributed by atoms with Crippen LogP contribution in [-0.4, -0.2) is 87.5 Å². The smallest absolute Gasteiger partial charge is 0.413 e. The highest BCUT2D eigenvalue weighted by molar-refractivity contribution is 6.32. The number of alkyl halides is 1. The highest BCUT2D eigenvalue weighted by Gasteiger charge is 2.50. The molecule has 1 N–H and O–H groups in total. The van der Waals surface area contributed by atoms with Crippen LogP contribution in [-0.2, 0) is 34.9 Å². The number of carbonyl (C=O) groups is 6. The average molecular weight is 898 g/mol. The standard InChI is InChI=1S/C22H23ClN2O5.C15H17Cl2NO3.C7H7NO2/c1-15-10-12-24-13-16(15)20(27)29-14-30-21(28)25(2)22(11-6-5-9-19(22)26)17-7-3-4-8-18(17)23;1-18(14(20)21-10-16)15(9-5-4-8-13(15)19)11-6-2-3-7-12(11)17;1-5-2-3-8-4-6(5)7(9)10/h3-4,7-8,10,12-13H,5-6,9,11,14H2,1-2H3;2-3,6-7H,4-5,8-10H2,1H3;2-4H,1H3,(H,9,10)/t22-;15-;/m00./s1. The van der Waals surface area contributed by atoms with Gasteiger partial charge in [0.2, 0.25) is 6.79 Å². The fourth-order valence-electron chi connectivity index (χ4n) is 7.39. The molecule has 2 aromatic heterocycles. The Labute approximate surface area is 369 Å². The third-order valence-electron chi connectivity index (χ3n) is 10.7. The summed E-state index contributed by atoms with van der Waals surface area (Å²) in [6.07, 6.45) is 9.40. The van der Waals surface area contributed by atoms with Crippen molar-refractivity contribution in [3.63, 3.8) is 0 Å². The number of ether oxygens (including phenoxy) is 3. The minimum atomic E-state index is -1.21. The number of carbonyl (C=O) groups excluding carboxylic acids is 5. The minimum Gasteiger partial charge on any atom is -0.478 e. The van der Waals surface area contributed by atoms with Crippen molar-refractivity contribution in [1.82, 2.24) is 19.8 Å². The number of carboxylic acid groups (broad SMARTS) is 1. The number of amides is 2. The molecule has 0 unspecified atom stereocenters. The van der Waals surface area contributed by atoms with E-state index in [1.807, 2.05) is 6.07 Å². The lowest BCUT2D eigenvalue weighted by Crippen LogP contribution is -2.54. The van der Waals surface area contributed by atoms with Crippen molar-refractivity contribution in [3.8, 4) is 0 Å². The maximum Gasteiger partial charge on any atom is 0.413 e. The van der Waals surface area contributed by atoms with E-state index in [2.05, 4.69) is 9.97 Å². The summed E-state index contributed by atoms with van der Waals surface area (Å²) in [7, 11) is 3.06. The van der Waals surface area contributed by atoms with E-state index < -0.39 is 42.0 Å². The van der Waals surface area contributed by atoms with E-state index in [1.54, 1.807) is 87.9 Å². The maximum atomic E-state index is 13.0. The first-order valence-electron chi connectivity index (χ1n) is 19.3. The van der Waals surface area contributed by atoms with Gasteiger partial charge in [-0.05, 0) is 87.8 Å². The van der Waals surface area contributed by atoms with Crippen LogP contribution in [0.4, 0.5) is 9.59 Å². The number of Topliss-reactive ketones (excluding diaryl/α,β-unsaturated/α-hetero) is 2. The normalized spacial score (nSPS) is 18.2. The molecule has 2 fully saturated rings. The van der Waals surface area contributed by atoms with Crippen LogP contribution in [0, 0.1) is 13.8 Å². The van der Waals surface area contributed by atoms with Gasteiger partial charge in [0, 0.05) is 72.9 Å². The molecule has 2 aromatic carbocycles. The van der Waals surface area contributed by atoms with Gasteiger partial charge in [-0.2, -0.15) is 0 Å². The molecule has 14 nitrogen and oxygen atoms in total. The molecule has 2 aliphatic rings. The molecule has 0 aliphatic heterocycles. The zero-order valence-electron chi connectivity index (χ0n) is 34.2. The number of aromatic carboxylic acids is 1. The van der Waals surface area contributed by atoms with Crippen molar-refractivity contribution in [1.29, 1.82) is 0 Å². The van der Waals surface area contributed by atoms with Crippen LogP contribution in [0.25, 0.3) is 0 Å². The summed E-state index contributed by atoms with van der Waals surface area (Å²) >= 11 is 18.1. The molecule has 2 amide bonds. The van der Waals surface area contributed by atoms with Gasteiger partial charge >= 0.3 is 24.1 Å². The second-order valence-electron chi connectivity index (χ2n) is 14.2. The number of esters is 1. The molecule has 61 heavy (non-hydrogen) atoms. The zero-order valence-corrected chi connectivity index (χ0v) is 36.5. The molecule has 0 bridgehead atoms. The van der Waals surface area contributed by atoms with Gasteiger partial charge in [-0.15, -0.1) is 0 Å². The van der Waals surface area contributed by atoms with Crippen LogP contribution in [0.15, 0.2) is 85.5 Å². The Balaban J connectivity index is 0.000000228. The number of hydrogen-bond donors (Lipinski definition) is 1. The highest BCUT2D eigenvalue weighted by atomic mass is 35.5. The van der Waals surface area contributed by atoms with Crippen molar-refractivity contribution in [2.75, 3.05) is 27.0 Å². The Hall–Kier alpha value is -5.57. The molecule has 6 rings (SSSR count). The molecule has 2 aliphatic carbocycles. The predicted molar refractivity (Wildman–Crippen MR) is 228 cm³/mol. The molecule has 17 heteroatoms. The van der Waals surface area contributed by atoms with Crippen molar-refractivity contribution in [2.45, 2.75) is 76.3 Å². The summed E-state index contributed by atoms with van der Waals surface area (Å²) in [6.45, 7) is 2.91. The van der Waals surface area contributed by atoms with E-state index in [9.17, 15) is 28.8 Å². The summed E-state index contributed by atoms with van der Waals surface area (Å²) in [5.74, 6) is -1.68. The molecule has 0 saturated heterocycles. The quantitative estimate of drug-likeness (QED) is 0.0956. The van der Waals surface area contributed by atoms with Crippen LogP contribution >= 0.6 is 34.8 Å². The van der Waals surface area contributed by atoms with Gasteiger partial charge < -0.3 is 19.3 Å². The van der Waals surface area contributed by atoms with Crippen molar-refractivity contribution in [3.05, 3.63) is 129 Å². The minimum absolute atomic E-state index is 0.0177. The Morgan fingerprint density at radius 1 is 0.672 bits per heavy atom. The summed E-state index contributed by atoms with van der Waals surface area (Å²) in [5, 5.41) is 9.40.